The molecule has 11 heteroatoms. The van der Waals surface area contributed by atoms with Gasteiger partial charge in [-0.15, -0.1) is 0 Å². The molecule has 0 aliphatic carbocycles. The number of nitrogens with one attached hydrogen (secondary N) is 1. The molecule has 26 heavy (non-hydrogen) atoms. The maximum Gasteiger partial charge on any atom is 0.339 e. The van der Waals surface area contributed by atoms with Crippen molar-refractivity contribution in [1.29, 1.82) is 0 Å². The van der Waals surface area contributed by atoms with E-state index in [9.17, 15) is 23.3 Å². The Kier molecular flexibility index (Phi) is 5.52. The molecule has 0 unspecified atom stereocenters. The summed E-state index contributed by atoms with van der Waals surface area (Å²) in [4.78, 5) is 20.4. The van der Waals surface area contributed by atoms with Crippen LogP contribution in [-0.4, -0.2) is 25.6 Å². The third kappa shape index (κ3) is 4.77. The molecular formula is C15H14N4O6S. The van der Waals surface area contributed by atoms with Crippen LogP contribution in [0.1, 0.15) is 11.1 Å². The van der Waals surface area contributed by atoms with Crippen molar-refractivity contribution < 1.29 is 22.3 Å². The number of benzene rings is 2. The van der Waals surface area contributed by atoms with Crippen LogP contribution in [0.4, 0.5) is 10.5 Å². The number of hydrogen-bond acceptors (Lipinski definition) is 7. The van der Waals surface area contributed by atoms with Gasteiger partial charge in [0.25, 0.3) is 5.69 Å². The second kappa shape index (κ2) is 7.61. The molecule has 2 aromatic rings. The first-order chi connectivity index (χ1) is 12.2. The second-order valence-electron chi connectivity index (χ2n) is 5.05. The van der Waals surface area contributed by atoms with Crippen molar-refractivity contribution in [3.63, 3.8) is 0 Å². The van der Waals surface area contributed by atoms with E-state index < -0.39 is 21.1 Å². The lowest BCUT2D eigenvalue weighted by molar-refractivity contribution is -0.385. The summed E-state index contributed by atoms with van der Waals surface area (Å²) in [7, 11) is -4.24. The van der Waals surface area contributed by atoms with E-state index in [4.69, 9.17) is 9.92 Å². The molecule has 0 aromatic heterocycles. The number of amides is 2. The lowest BCUT2D eigenvalue weighted by Gasteiger charge is -2.08. The molecule has 0 fully saturated rings. The normalized spacial score (nSPS) is 11.3. The number of nitrogens with zero attached hydrogens (tertiary/aromatic N) is 2. The van der Waals surface area contributed by atoms with E-state index in [1.165, 1.54) is 49.5 Å². The number of nitrogens with two attached hydrogens (primary N) is 1. The van der Waals surface area contributed by atoms with Gasteiger partial charge < -0.3 is 9.92 Å². The van der Waals surface area contributed by atoms with Crippen LogP contribution >= 0.6 is 0 Å². The molecule has 0 spiro atoms. The highest BCUT2D eigenvalue weighted by atomic mass is 32.2. The number of nitro benzene ring substituents is 1. The molecule has 10 nitrogen and oxygen atoms in total. The van der Waals surface area contributed by atoms with Crippen molar-refractivity contribution in [1.82, 2.24) is 5.43 Å². The molecule has 0 saturated heterocycles. The third-order valence-electron chi connectivity index (χ3n) is 3.14. The topological polar surface area (TPSA) is 154 Å². The van der Waals surface area contributed by atoms with Gasteiger partial charge in [-0.25, -0.2) is 10.2 Å². The van der Waals surface area contributed by atoms with Crippen LogP contribution in [0.15, 0.2) is 52.5 Å². The summed E-state index contributed by atoms with van der Waals surface area (Å²) < 4.78 is 29.5. The van der Waals surface area contributed by atoms with Crippen LogP contribution in [0.25, 0.3) is 0 Å². The van der Waals surface area contributed by atoms with E-state index in [-0.39, 0.29) is 16.3 Å². The molecule has 0 aliphatic heterocycles. The van der Waals surface area contributed by atoms with Gasteiger partial charge in [0.15, 0.2) is 0 Å². The fourth-order valence-electron chi connectivity index (χ4n) is 1.90. The SMILES string of the molecule is Cc1ccc(S(=O)(=O)Oc2ccc(/C=N/NC(N)=O)cc2)cc1[N+](=O)[O-]. The highest BCUT2D eigenvalue weighted by molar-refractivity contribution is 7.87. The Morgan fingerprint density at radius 2 is 1.92 bits per heavy atom. The fraction of sp³-hybridized carbons (Fsp3) is 0.0667. The van der Waals surface area contributed by atoms with Gasteiger partial charge in [0.05, 0.1) is 11.1 Å². The van der Waals surface area contributed by atoms with Crippen molar-refractivity contribution in [3.05, 3.63) is 63.7 Å². The highest BCUT2D eigenvalue weighted by Crippen LogP contribution is 2.25. The van der Waals surface area contributed by atoms with E-state index in [0.29, 0.717) is 11.1 Å². The number of hydrogen-bond donors (Lipinski definition) is 2. The van der Waals surface area contributed by atoms with Gasteiger partial charge in [0, 0.05) is 11.6 Å². The predicted octanol–water partition coefficient (Wildman–Crippen LogP) is 1.67. The standard InChI is InChI=1S/C15H14N4O6S/c1-10-2-7-13(8-14(10)19(21)22)26(23,24)25-12-5-3-11(4-6-12)9-17-18-15(16)20/h2-9H,1H3,(H3,16,18,20)/b17-9+. The van der Waals surface area contributed by atoms with E-state index in [1.807, 2.05) is 5.43 Å². The maximum atomic E-state index is 12.3. The van der Waals surface area contributed by atoms with Crippen LogP contribution in [-0.2, 0) is 10.1 Å². The molecule has 2 amide bonds. The number of hydrazone groups is 1. The summed E-state index contributed by atoms with van der Waals surface area (Å²) in [5.74, 6) is 0.00763. The minimum Gasteiger partial charge on any atom is -0.379 e. The van der Waals surface area contributed by atoms with E-state index in [1.54, 1.807) is 0 Å². The first-order valence-electron chi connectivity index (χ1n) is 7.07. The third-order valence-corrected chi connectivity index (χ3v) is 4.38. The molecule has 3 N–H and O–H groups in total. The summed E-state index contributed by atoms with van der Waals surface area (Å²) in [6.07, 6.45) is 1.30. The van der Waals surface area contributed by atoms with Crippen LogP contribution in [0.3, 0.4) is 0 Å². The molecule has 0 aliphatic rings. The van der Waals surface area contributed by atoms with E-state index in [2.05, 4.69) is 5.10 Å². The zero-order valence-corrected chi connectivity index (χ0v) is 14.3. The molecule has 0 bridgehead atoms. The zero-order chi connectivity index (χ0) is 19.3. The number of nitro groups is 1. The lowest BCUT2D eigenvalue weighted by Crippen LogP contribution is -2.24. The van der Waals surface area contributed by atoms with Gasteiger partial charge >= 0.3 is 16.1 Å². The van der Waals surface area contributed by atoms with Crippen molar-refractivity contribution in [3.8, 4) is 5.75 Å². The number of urea groups is 1. The molecule has 136 valence electrons. The summed E-state index contributed by atoms with van der Waals surface area (Å²) in [6, 6.07) is 8.41. The van der Waals surface area contributed by atoms with Crippen LogP contribution in [0, 0.1) is 17.0 Å². The maximum absolute atomic E-state index is 12.3. The minimum atomic E-state index is -4.24. The smallest absolute Gasteiger partial charge is 0.339 e. The molecule has 2 rings (SSSR count). The number of carbonyl (C=O) groups is 1. The Labute approximate surface area is 148 Å². The average Bonchev–Trinajstić information content (AvgIpc) is 2.56. The molecule has 0 atom stereocenters. The zero-order valence-electron chi connectivity index (χ0n) is 13.4. The van der Waals surface area contributed by atoms with Gasteiger partial charge in [-0.1, -0.05) is 6.07 Å². The van der Waals surface area contributed by atoms with Crippen LogP contribution in [0.2, 0.25) is 0 Å². The molecule has 2 aromatic carbocycles. The summed E-state index contributed by atoms with van der Waals surface area (Å²) in [6.45, 7) is 1.50. The van der Waals surface area contributed by atoms with Crippen molar-refractivity contribution >= 4 is 28.1 Å². The Bertz CT molecular complexity index is 970. The van der Waals surface area contributed by atoms with Crippen LogP contribution < -0.4 is 15.3 Å². The van der Waals surface area contributed by atoms with E-state index >= 15 is 0 Å². The van der Waals surface area contributed by atoms with Gasteiger partial charge in [-0.3, -0.25) is 10.1 Å². The number of rotatable bonds is 6. The molecular weight excluding hydrogens is 364 g/mol. The molecule has 0 saturated carbocycles. The largest absolute Gasteiger partial charge is 0.379 e. The number of primary amides is 1. The quantitative estimate of drug-likeness (QED) is 0.337. The Morgan fingerprint density at radius 3 is 2.50 bits per heavy atom. The Hall–Kier alpha value is -3.47. The lowest BCUT2D eigenvalue weighted by atomic mass is 10.2. The van der Waals surface area contributed by atoms with Gasteiger partial charge in [0.2, 0.25) is 0 Å². The van der Waals surface area contributed by atoms with Gasteiger partial charge in [-0.05, 0) is 42.8 Å². The summed E-state index contributed by atoms with van der Waals surface area (Å²) >= 11 is 0. The van der Waals surface area contributed by atoms with Crippen LogP contribution in [0.5, 0.6) is 5.75 Å². The Balaban J connectivity index is 2.19. The molecule has 0 radical (unpaired) electrons. The number of aryl methyl sites for hydroxylation is 1. The monoisotopic (exact) mass is 378 g/mol. The van der Waals surface area contributed by atoms with Gasteiger partial charge in [0.1, 0.15) is 10.6 Å². The van der Waals surface area contributed by atoms with E-state index in [0.717, 1.165) is 6.07 Å². The predicted molar refractivity (Wildman–Crippen MR) is 92.4 cm³/mol. The van der Waals surface area contributed by atoms with Crippen molar-refractivity contribution in [2.75, 3.05) is 0 Å². The summed E-state index contributed by atoms with van der Waals surface area (Å²) in [5, 5.41) is 14.5. The average molecular weight is 378 g/mol. The van der Waals surface area contributed by atoms with Crippen molar-refractivity contribution in [2.45, 2.75) is 11.8 Å². The first-order valence-corrected chi connectivity index (χ1v) is 8.48. The Morgan fingerprint density at radius 1 is 1.27 bits per heavy atom. The summed E-state index contributed by atoms with van der Waals surface area (Å²) in [5.41, 5.74) is 7.43. The number of carbonyl (C=O) groups excluding carboxylic acids is 1. The fourth-order valence-corrected chi connectivity index (χ4v) is 2.85. The second-order valence-corrected chi connectivity index (χ2v) is 6.59. The van der Waals surface area contributed by atoms with Crippen molar-refractivity contribution in [2.24, 2.45) is 10.8 Å². The minimum absolute atomic E-state index is 0.00763. The highest BCUT2D eigenvalue weighted by Gasteiger charge is 2.21. The first kappa shape index (κ1) is 18.9. The molecule has 0 heterocycles. The van der Waals surface area contributed by atoms with Gasteiger partial charge in [-0.2, -0.15) is 13.5 Å².